The lowest BCUT2D eigenvalue weighted by Crippen LogP contribution is -2.55. The number of aryl methyl sites for hydroxylation is 1. The predicted molar refractivity (Wildman–Crippen MR) is 137 cm³/mol. The highest BCUT2D eigenvalue weighted by Crippen LogP contribution is 2.40. The fourth-order valence-corrected chi connectivity index (χ4v) is 4.89. The van der Waals surface area contributed by atoms with Crippen molar-refractivity contribution in [2.24, 2.45) is 5.92 Å². The highest BCUT2D eigenvalue weighted by molar-refractivity contribution is 6.10. The Bertz CT molecular complexity index is 1370. The van der Waals surface area contributed by atoms with Gasteiger partial charge in [-0.1, -0.05) is 0 Å². The second kappa shape index (κ2) is 10.6. The average Bonchev–Trinajstić information content (AvgIpc) is 3.67. The van der Waals surface area contributed by atoms with Crippen molar-refractivity contribution in [3.63, 3.8) is 0 Å². The van der Waals surface area contributed by atoms with Gasteiger partial charge in [0.2, 0.25) is 5.91 Å². The van der Waals surface area contributed by atoms with Crippen molar-refractivity contribution in [1.29, 1.82) is 0 Å². The van der Waals surface area contributed by atoms with Crippen LogP contribution in [0.4, 0.5) is 4.39 Å². The van der Waals surface area contributed by atoms with Gasteiger partial charge in [0, 0.05) is 42.2 Å². The second-order valence-corrected chi connectivity index (χ2v) is 9.88. The van der Waals surface area contributed by atoms with E-state index in [4.69, 9.17) is 14.6 Å². The zero-order valence-corrected chi connectivity index (χ0v) is 21.3. The Morgan fingerprint density at radius 3 is 2.71 bits per heavy atom. The number of hydrogen-bond acceptors (Lipinski definition) is 7. The summed E-state index contributed by atoms with van der Waals surface area (Å²) in [7, 11) is 1.40. The number of ether oxygens (including phenoxy) is 2. The molecule has 0 bridgehead atoms. The van der Waals surface area contributed by atoms with Gasteiger partial charge in [0.1, 0.15) is 17.9 Å². The van der Waals surface area contributed by atoms with E-state index in [2.05, 4.69) is 15.3 Å². The third kappa shape index (κ3) is 5.03. The Morgan fingerprint density at radius 2 is 2.03 bits per heavy atom. The standard InChI is InChI=1S/C27H31FN4O6/c1-14-24(27(36)31-19-6-8-32(11-20(19)34)23(35)12-33)26-25(30-14)16(5-7-29-26)17-9-22(37-2)18(28)10-21(17)38-13-15-3-4-15/h5,7,9-10,15,19-20,30,33-34H,3-4,6,8,11-13H2,1-2H3,(H,31,36)/t19-,20+/m1/s1. The van der Waals surface area contributed by atoms with E-state index >= 15 is 0 Å². The Labute approximate surface area is 218 Å². The number of H-pyrrole nitrogens is 1. The van der Waals surface area contributed by atoms with Crippen LogP contribution < -0.4 is 14.8 Å². The molecule has 0 unspecified atom stereocenters. The number of carbonyl (C=O) groups is 2. The first kappa shape index (κ1) is 25.9. The van der Waals surface area contributed by atoms with Crippen molar-refractivity contribution in [1.82, 2.24) is 20.2 Å². The maximum Gasteiger partial charge on any atom is 0.255 e. The third-order valence-electron chi connectivity index (χ3n) is 7.20. The molecule has 10 nitrogen and oxygen atoms in total. The number of nitrogens with zero attached hydrogens (tertiary/aromatic N) is 2. The zero-order chi connectivity index (χ0) is 27.0. The molecule has 38 heavy (non-hydrogen) atoms. The Kier molecular flexibility index (Phi) is 7.22. The molecule has 202 valence electrons. The van der Waals surface area contributed by atoms with Crippen LogP contribution in [0.25, 0.3) is 22.2 Å². The summed E-state index contributed by atoms with van der Waals surface area (Å²) < 4.78 is 25.8. The highest BCUT2D eigenvalue weighted by atomic mass is 19.1. The average molecular weight is 527 g/mol. The number of piperidine rings is 1. The minimum atomic E-state index is -0.977. The first-order valence-electron chi connectivity index (χ1n) is 12.7. The van der Waals surface area contributed by atoms with Gasteiger partial charge in [0.15, 0.2) is 11.6 Å². The lowest BCUT2D eigenvalue weighted by molar-refractivity contribution is -0.137. The van der Waals surface area contributed by atoms with Gasteiger partial charge >= 0.3 is 0 Å². The number of likely N-dealkylation sites (tertiary alicyclic amines) is 1. The minimum absolute atomic E-state index is 0.0235. The molecule has 2 aliphatic rings. The topological polar surface area (TPSA) is 137 Å². The van der Waals surface area contributed by atoms with Gasteiger partial charge in [-0.25, -0.2) is 4.39 Å². The summed E-state index contributed by atoms with van der Waals surface area (Å²) in [6.07, 6.45) is 3.13. The lowest BCUT2D eigenvalue weighted by atomic mass is 10.0. The number of benzene rings is 1. The number of β-amino-alcohol motifs (C(OH)–C–C–N with tert-alkyl or cyclic N) is 1. The molecule has 1 aromatic carbocycles. The lowest BCUT2D eigenvalue weighted by Gasteiger charge is -2.36. The number of aliphatic hydroxyl groups is 2. The van der Waals surface area contributed by atoms with Gasteiger partial charge < -0.3 is 34.9 Å². The van der Waals surface area contributed by atoms with E-state index in [0.717, 1.165) is 12.8 Å². The number of fused-ring (bicyclic) bond motifs is 1. The van der Waals surface area contributed by atoms with Crippen molar-refractivity contribution < 1.29 is 33.7 Å². The molecular weight excluding hydrogens is 495 g/mol. The van der Waals surface area contributed by atoms with E-state index in [9.17, 15) is 19.1 Å². The Hall–Kier alpha value is -3.70. The number of hydrogen-bond donors (Lipinski definition) is 4. The van der Waals surface area contributed by atoms with Crippen LogP contribution in [-0.2, 0) is 4.79 Å². The number of methoxy groups -OCH3 is 1. The maximum atomic E-state index is 14.6. The zero-order valence-electron chi connectivity index (χ0n) is 21.3. The quantitative estimate of drug-likeness (QED) is 0.353. The van der Waals surface area contributed by atoms with Crippen molar-refractivity contribution >= 4 is 22.8 Å². The molecule has 11 heteroatoms. The first-order valence-corrected chi connectivity index (χ1v) is 12.7. The van der Waals surface area contributed by atoms with Crippen LogP contribution >= 0.6 is 0 Å². The number of aromatic amines is 1. The summed E-state index contributed by atoms with van der Waals surface area (Å²) in [5.74, 6) is -0.474. The molecule has 0 spiro atoms. The number of halogens is 1. The van der Waals surface area contributed by atoms with E-state index in [1.54, 1.807) is 25.3 Å². The summed E-state index contributed by atoms with van der Waals surface area (Å²) >= 11 is 0. The van der Waals surface area contributed by atoms with Crippen LogP contribution in [0.15, 0.2) is 24.4 Å². The van der Waals surface area contributed by atoms with Crippen molar-refractivity contribution in [3.8, 4) is 22.6 Å². The molecule has 3 heterocycles. The summed E-state index contributed by atoms with van der Waals surface area (Å²) in [4.78, 5) is 34.2. The second-order valence-electron chi connectivity index (χ2n) is 9.88. The molecule has 1 aliphatic heterocycles. The van der Waals surface area contributed by atoms with Gasteiger partial charge in [0.25, 0.3) is 5.91 Å². The van der Waals surface area contributed by atoms with Gasteiger partial charge in [-0.3, -0.25) is 14.6 Å². The number of carbonyl (C=O) groups excluding carboxylic acids is 2. The Morgan fingerprint density at radius 1 is 1.24 bits per heavy atom. The van der Waals surface area contributed by atoms with E-state index in [-0.39, 0.29) is 12.3 Å². The SMILES string of the molecule is COc1cc(-c2ccnc3c(C(=O)N[C@@H]4CCN(C(=O)CO)C[C@@H]4O)c(C)[nH]c23)c(OCC2CC2)cc1F. The van der Waals surface area contributed by atoms with Crippen molar-refractivity contribution in [2.45, 2.75) is 38.3 Å². The molecule has 1 saturated heterocycles. The minimum Gasteiger partial charge on any atom is -0.494 e. The van der Waals surface area contributed by atoms with Crippen LogP contribution in [0.2, 0.25) is 0 Å². The summed E-state index contributed by atoms with van der Waals surface area (Å²) in [5, 5.41) is 22.5. The van der Waals surface area contributed by atoms with E-state index in [1.807, 2.05) is 0 Å². The van der Waals surface area contributed by atoms with Gasteiger partial charge in [-0.2, -0.15) is 0 Å². The van der Waals surface area contributed by atoms with Crippen LogP contribution in [0, 0.1) is 18.7 Å². The molecule has 4 N–H and O–H groups in total. The van der Waals surface area contributed by atoms with Crippen LogP contribution in [0.1, 0.15) is 35.3 Å². The van der Waals surface area contributed by atoms with E-state index in [1.165, 1.54) is 18.1 Å². The van der Waals surface area contributed by atoms with Crippen molar-refractivity contribution in [2.75, 3.05) is 33.4 Å². The van der Waals surface area contributed by atoms with E-state index < -0.39 is 36.4 Å². The van der Waals surface area contributed by atoms with Crippen LogP contribution in [0.3, 0.4) is 0 Å². The molecule has 5 rings (SSSR count). The molecule has 2 fully saturated rings. The van der Waals surface area contributed by atoms with E-state index in [0.29, 0.717) is 64.7 Å². The first-order chi connectivity index (χ1) is 18.3. The molecule has 2 amide bonds. The molecule has 1 saturated carbocycles. The third-order valence-corrected chi connectivity index (χ3v) is 7.20. The van der Waals surface area contributed by atoms with Crippen LogP contribution in [0.5, 0.6) is 11.5 Å². The fraction of sp³-hybridized carbons (Fsp3) is 0.444. The number of pyridine rings is 1. The number of aromatic nitrogens is 2. The molecule has 0 radical (unpaired) electrons. The Balaban J connectivity index is 1.46. The normalized spacial score (nSPS) is 19.4. The monoisotopic (exact) mass is 526 g/mol. The van der Waals surface area contributed by atoms with Gasteiger partial charge in [-0.05, 0) is 44.2 Å². The fourth-order valence-electron chi connectivity index (χ4n) is 4.89. The number of aliphatic hydroxyl groups excluding tert-OH is 2. The van der Waals surface area contributed by atoms with Gasteiger partial charge in [-0.15, -0.1) is 0 Å². The number of nitrogens with one attached hydrogen (secondary N) is 2. The smallest absolute Gasteiger partial charge is 0.255 e. The summed E-state index contributed by atoms with van der Waals surface area (Å²) in [6, 6.07) is 4.11. The predicted octanol–water partition coefficient (Wildman–Crippen LogP) is 2.16. The molecule has 1 aliphatic carbocycles. The largest absolute Gasteiger partial charge is 0.494 e. The van der Waals surface area contributed by atoms with Crippen LogP contribution in [-0.4, -0.2) is 82.5 Å². The summed E-state index contributed by atoms with van der Waals surface area (Å²) in [5.41, 5.74) is 3.21. The highest BCUT2D eigenvalue weighted by Gasteiger charge is 2.32. The molecule has 2 aromatic heterocycles. The molecule has 2 atom stereocenters. The van der Waals surface area contributed by atoms with Gasteiger partial charge in [0.05, 0.1) is 36.9 Å². The number of rotatable bonds is 8. The molecular formula is C27H31FN4O6. The summed E-state index contributed by atoms with van der Waals surface area (Å²) in [6.45, 7) is 1.96. The molecule has 3 aromatic rings. The number of amides is 2. The maximum absolute atomic E-state index is 14.6. The van der Waals surface area contributed by atoms with Crippen molar-refractivity contribution in [3.05, 3.63) is 41.5 Å².